The van der Waals surface area contributed by atoms with E-state index in [0.29, 0.717) is 5.69 Å². The lowest BCUT2D eigenvalue weighted by atomic mass is 10.1. The van der Waals surface area contributed by atoms with E-state index in [9.17, 15) is 18.0 Å². The first kappa shape index (κ1) is 26.7. The number of amides is 2. The number of hydrogen-bond donors (Lipinski definition) is 1. The SMILES string of the molecule is CCc1ccc(N(CC(=O)N(Cc2cccc(C)c2)[C@@H](C)C(=O)NC2CCCC2)S(C)(=O)=O)cc1. The van der Waals surface area contributed by atoms with Gasteiger partial charge in [0.05, 0.1) is 11.9 Å². The predicted octanol–water partition coefficient (Wildman–Crippen LogP) is 3.80. The van der Waals surface area contributed by atoms with Crippen molar-refractivity contribution in [2.75, 3.05) is 17.1 Å². The van der Waals surface area contributed by atoms with Gasteiger partial charge in [0, 0.05) is 12.6 Å². The van der Waals surface area contributed by atoms with E-state index in [1.807, 2.05) is 50.2 Å². The van der Waals surface area contributed by atoms with Gasteiger partial charge in [-0.25, -0.2) is 8.42 Å². The summed E-state index contributed by atoms with van der Waals surface area (Å²) in [4.78, 5) is 28.2. The van der Waals surface area contributed by atoms with Crippen molar-refractivity contribution in [1.82, 2.24) is 10.2 Å². The van der Waals surface area contributed by atoms with E-state index >= 15 is 0 Å². The normalized spacial score (nSPS) is 15.0. The first-order chi connectivity index (χ1) is 16.6. The minimum absolute atomic E-state index is 0.130. The van der Waals surface area contributed by atoms with Crippen molar-refractivity contribution in [2.24, 2.45) is 0 Å². The average molecular weight is 500 g/mol. The fourth-order valence-electron chi connectivity index (χ4n) is 4.49. The second-order valence-corrected chi connectivity index (χ2v) is 11.4. The largest absolute Gasteiger partial charge is 0.352 e. The molecule has 0 heterocycles. The number of carbonyl (C=O) groups excluding carboxylic acids is 2. The number of nitrogens with one attached hydrogen (secondary N) is 1. The minimum Gasteiger partial charge on any atom is -0.352 e. The summed E-state index contributed by atoms with van der Waals surface area (Å²) in [6, 6.07) is 14.3. The van der Waals surface area contributed by atoms with E-state index in [0.717, 1.165) is 59.4 Å². The van der Waals surface area contributed by atoms with Crippen LogP contribution < -0.4 is 9.62 Å². The van der Waals surface area contributed by atoms with E-state index in [-0.39, 0.29) is 25.0 Å². The highest BCUT2D eigenvalue weighted by Crippen LogP contribution is 2.21. The van der Waals surface area contributed by atoms with Gasteiger partial charge in [0.15, 0.2) is 0 Å². The summed E-state index contributed by atoms with van der Waals surface area (Å²) in [6.07, 6.45) is 5.99. The molecule has 0 aliphatic heterocycles. The molecule has 2 amide bonds. The predicted molar refractivity (Wildman–Crippen MR) is 140 cm³/mol. The van der Waals surface area contributed by atoms with Crippen LogP contribution in [0.2, 0.25) is 0 Å². The van der Waals surface area contributed by atoms with Crippen LogP contribution in [0.15, 0.2) is 48.5 Å². The van der Waals surface area contributed by atoms with E-state index in [2.05, 4.69) is 5.32 Å². The molecule has 1 atom stereocenters. The van der Waals surface area contributed by atoms with Crippen LogP contribution in [0, 0.1) is 6.92 Å². The summed E-state index contributed by atoms with van der Waals surface area (Å²) < 4.78 is 26.4. The maximum Gasteiger partial charge on any atom is 0.244 e. The Morgan fingerprint density at radius 3 is 2.29 bits per heavy atom. The number of sulfonamides is 1. The molecule has 3 rings (SSSR count). The van der Waals surface area contributed by atoms with Gasteiger partial charge in [-0.05, 0) is 56.4 Å². The molecule has 0 radical (unpaired) electrons. The van der Waals surface area contributed by atoms with Crippen LogP contribution in [0.5, 0.6) is 0 Å². The lowest BCUT2D eigenvalue weighted by molar-refractivity contribution is -0.139. The molecule has 8 heteroatoms. The fourth-order valence-corrected chi connectivity index (χ4v) is 5.34. The Balaban J connectivity index is 1.87. The molecule has 0 spiro atoms. The zero-order chi connectivity index (χ0) is 25.6. The quantitative estimate of drug-likeness (QED) is 0.539. The van der Waals surface area contributed by atoms with Crippen LogP contribution in [-0.4, -0.2) is 50.0 Å². The third kappa shape index (κ3) is 7.31. The highest BCUT2D eigenvalue weighted by molar-refractivity contribution is 7.92. The van der Waals surface area contributed by atoms with E-state index in [1.54, 1.807) is 19.1 Å². The monoisotopic (exact) mass is 499 g/mol. The van der Waals surface area contributed by atoms with Gasteiger partial charge in [-0.1, -0.05) is 61.7 Å². The first-order valence-electron chi connectivity index (χ1n) is 12.3. The second-order valence-electron chi connectivity index (χ2n) is 9.47. The Morgan fingerprint density at radius 1 is 1.06 bits per heavy atom. The molecule has 7 nitrogen and oxygen atoms in total. The molecule has 2 aromatic rings. The molecular weight excluding hydrogens is 462 g/mol. The third-order valence-electron chi connectivity index (χ3n) is 6.62. The molecule has 1 aliphatic carbocycles. The number of rotatable bonds is 10. The van der Waals surface area contributed by atoms with Crippen LogP contribution in [0.3, 0.4) is 0 Å². The minimum atomic E-state index is -3.73. The van der Waals surface area contributed by atoms with E-state index in [1.165, 1.54) is 4.90 Å². The van der Waals surface area contributed by atoms with Gasteiger partial charge in [-0.3, -0.25) is 13.9 Å². The summed E-state index contributed by atoms with van der Waals surface area (Å²) in [5.74, 6) is -0.637. The number of benzene rings is 2. The Hall–Kier alpha value is -2.87. The van der Waals surface area contributed by atoms with Crippen LogP contribution >= 0.6 is 0 Å². The Kier molecular flexibility index (Phi) is 8.94. The first-order valence-corrected chi connectivity index (χ1v) is 14.2. The van der Waals surface area contributed by atoms with Crippen molar-refractivity contribution in [3.05, 3.63) is 65.2 Å². The molecule has 0 saturated heterocycles. The third-order valence-corrected chi connectivity index (χ3v) is 7.76. The summed E-state index contributed by atoms with van der Waals surface area (Å²) in [7, 11) is -3.73. The number of nitrogens with zero attached hydrogens (tertiary/aromatic N) is 2. The highest BCUT2D eigenvalue weighted by atomic mass is 32.2. The van der Waals surface area contributed by atoms with E-state index in [4.69, 9.17) is 0 Å². The Morgan fingerprint density at radius 2 is 1.71 bits per heavy atom. The molecular formula is C27H37N3O4S. The van der Waals surface area contributed by atoms with Crippen LogP contribution in [0.4, 0.5) is 5.69 Å². The Bertz CT molecular complexity index is 1130. The second kappa shape index (κ2) is 11.7. The summed E-state index contributed by atoms with van der Waals surface area (Å²) in [6.45, 7) is 5.54. The Labute approximate surface area is 209 Å². The molecule has 1 N–H and O–H groups in total. The molecule has 35 heavy (non-hydrogen) atoms. The molecule has 0 bridgehead atoms. The molecule has 1 fully saturated rings. The lowest BCUT2D eigenvalue weighted by Crippen LogP contribution is -2.52. The van der Waals surface area contributed by atoms with Crippen molar-refractivity contribution >= 4 is 27.5 Å². The zero-order valence-electron chi connectivity index (χ0n) is 21.2. The van der Waals surface area contributed by atoms with Crippen molar-refractivity contribution in [2.45, 2.75) is 71.5 Å². The van der Waals surface area contributed by atoms with Crippen molar-refractivity contribution in [3.63, 3.8) is 0 Å². The summed E-state index contributed by atoms with van der Waals surface area (Å²) in [5, 5.41) is 3.07. The van der Waals surface area contributed by atoms with Gasteiger partial charge in [0.2, 0.25) is 21.8 Å². The zero-order valence-corrected chi connectivity index (χ0v) is 22.0. The van der Waals surface area contributed by atoms with Crippen molar-refractivity contribution in [1.29, 1.82) is 0 Å². The van der Waals surface area contributed by atoms with Gasteiger partial charge in [-0.2, -0.15) is 0 Å². The molecule has 1 saturated carbocycles. The maximum atomic E-state index is 13.6. The maximum absolute atomic E-state index is 13.6. The molecule has 0 aromatic heterocycles. The van der Waals surface area contributed by atoms with Crippen LogP contribution in [0.25, 0.3) is 0 Å². The molecule has 2 aromatic carbocycles. The van der Waals surface area contributed by atoms with Crippen LogP contribution in [-0.2, 0) is 32.6 Å². The van der Waals surface area contributed by atoms with Crippen LogP contribution in [0.1, 0.15) is 56.2 Å². The highest BCUT2D eigenvalue weighted by Gasteiger charge is 2.31. The average Bonchev–Trinajstić information content (AvgIpc) is 3.33. The van der Waals surface area contributed by atoms with Gasteiger partial charge in [0.25, 0.3) is 0 Å². The van der Waals surface area contributed by atoms with E-state index < -0.39 is 22.0 Å². The number of hydrogen-bond acceptors (Lipinski definition) is 4. The molecule has 0 unspecified atom stereocenters. The summed E-state index contributed by atoms with van der Waals surface area (Å²) >= 11 is 0. The fraction of sp³-hybridized carbons (Fsp3) is 0.481. The number of aryl methyl sites for hydroxylation is 2. The molecule has 190 valence electrons. The van der Waals surface area contributed by atoms with Gasteiger partial charge >= 0.3 is 0 Å². The standard InChI is InChI=1S/C27H37N3O4S/c1-5-22-13-15-25(16-14-22)30(35(4,33)34)19-26(31)29(18-23-10-8-9-20(2)17-23)21(3)27(32)28-24-11-6-7-12-24/h8-10,13-17,21,24H,5-7,11-12,18-19H2,1-4H3,(H,28,32)/t21-/m0/s1. The topological polar surface area (TPSA) is 86.8 Å². The number of anilines is 1. The number of carbonyl (C=O) groups is 2. The van der Waals surface area contributed by atoms with Crippen molar-refractivity contribution in [3.8, 4) is 0 Å². The van der Waals surface area contributed by atoms with Gasteiger partial charge in [0.1, 0.15) is 12.6 Å². The van der Waals surface area contributed by atoms with Gasteiger partial charge < -0.3 is 10.2 Å². The smallest absolute Gasteiger partial charge is 0.244 e. The van der Waals surface area contributed by atoms with Crippen molar-refractivity contribution < 1.29 is 18.0 Å². The lowest BCUT2D eigenvalue weighted by Gasteiger charge is -2.32. The molecule has 1 aliphatic rings. The summed E-state index contributed by atoms with van der Waals surface area (Å²) in [5.41, 5.74) is 3.44. The van der Waals surface area contributed by atoms with Gasteiger partial charge in [-0.15, -0.1) is 0 Å².